The lowest BCUT2D eigenvalue weighted by molar-refractivity contribution is 0.0497. The van der Waals surface area contributed by atoms with E-state index in [-0.39, 0.29) is 5.97 Å². The van der Waals surface area contributed by atoms with Gasteiger partial charge in [0.25, 0.3) is 0 Å². The summed E-state index contributed by atoms with van der Waals surface area (Å²) in [4.78, 5) is 16.2. The van der Waals surface area contributed by atoms with E-state index in [1.807, 2.05) is 30.3 Å². The van der Waals surface area contributed by atoms with E-state index in [0.29, 0.717) is 12.2 Å². The predicted molar refractivity (Wildman–Crippen MR) is 84.3 cm³/mol. The lowest BCUT2D eigenvalue weighted by atomic mass is 10.1. The summed E-state index contributed by atoms with van der Waals surface area (Å²) in [7, 11) is 0. The molecule has 2 rings (SSSR count). The third-order valence-corrected chi connectivity index (χ3v) is 3.65. The third kappa shape index (κ3) is 4.30. The molecule has 0 saturated carbocycles. The van der Waals surface area contributed by atoms with Gasteiger partial charge in [-0.15, -0.1) is 0 Å². The van der Waals surface area contributed by atoms with Gasteiger partial charge in [-0.1, -0.05) is 47.0 Å². The fourth-order valence-electron chi connectivity index (χ4n) is 1.98. The van der Waals surface area contributed by atoms with Crippen molar-refractivity contribution < 1.29 is 9.53 Å². The number of hydrogen-bond acceptors (Lipinski definition) is 3. The van der Waals surface area contributed by atoms with Crippen molar-refractivity contribution in [3.8, 4) is 0 Å². The number of hydrogen-bond donors (Lipinski definition) is 0. The van der Waals surface area contributed by atoms with Crippen molar-refractivity contribution in [3.05, 3.63) is 42.1 Å². The van der Waals surface area contributed by atoms with Crippen LogP contribution in [0.15, 0.2) is 36.5 Å². The molecule has 0 radical (unpaired) electrons. The Morgan fingerprint density at radius 3 is 2.80 bits per heavy atom. The first kappa shape index (κ1) is 15.0. The Kier molecular flexibility index (Phi) is 5.99. The van der Waals surface area contributed by atoms with Gasteiger partial charge in [0.2, 0.25) is 0 Å². The molecule has 0 saturated heterocycles. The van der Waals surface area contributed by atoms with E-state index in [1.165, 1.54) is 12.8 Å². The summed E-state index contributed by atoms with van der Waals surface area (Å²) >= 11 is 3.40. The van der Waals surface area contributed by atoms with Crippen molar-refractivity contribution in [2.75, 3.05) is 11.9 Å². The average molecular weight is 336 g/mol. The number of unbranched alkanes of at least 4 members (excludes halogenated alkanes) is 3. The van der Waals surface area contributed by atoms with Crippen LogP contribution in [0.25, 0.3) is 10.9 Å². The molecule has 20 heavy (non-hydrogen) atoms. The number of carbonyl (C=O) groups is 1. The molecule has 0 atom stereocenters. The number of ether oxygens (including phenoxy) is 1. The summed E-state index contributed by atoms with van der Waals surface area (Å²) < 4.78 is 5.27. The Balaban J connectivity index is 1.84. The van der Waals surface area contributed by atoms with Crippen LogP contribution < -0.4 is 0 Å². The molecule has 1 aromatic heterocycles. The van der Waals surface area contributed by atoms with Crippen LogP contribution in [0.1, 0.15) is 36.0 Å². The van der Waals surface area contributed by atoms with Gasteiger partial charge < -0.3 is 4.74 Å². The van der Waals surface area contributed by atoms with Gasteiger partial charge in [0.15, 0.2) is 0 Å². The second-order valence-corrected chi connectivity index (χ2v) is 5.45. The van der Waals surface area contributed by atoms with Gasteiger partial charge in [0.05, 0.1) is 17.7 Å². The Morgan fingerprint density at radius 2 is 1.95 bits per heavy atom. The molecule has 0 amide bonds. The zero-order valence-corrected chi connectivity index (χ0v) is 12.9. The molecule has 1 heterocycles. The van der Waals surface area contributed by atoms with Crippen LogP contribution in [0.2, 0.25) is 0 Å². The number of pyridine rings is 1. The second-order valence-electron chi connectivity index (χ2n) is 4.66. The standard InChI is InChI=1S/C16H18BrNO2/c17-9-5-1-2-6-10-20-16(19)14-11-13-7-3-4-8-15(13)18-12-14/h3-4,7-8,11-12H,1-2,5-6,9-10H2. The highest BCUT2D eigenvalue weighted by Crippen LogP contribution is 2.13. The summed E-state index contributed by atoms with van der Waals surface area (Å²) in [6.07, 6.45) is 5.92. The second kappa shape index (κ2) is 8.00. The van der Waals surface area contributed by atoms with E-state index in [0.717, 1.165) is 29.1 Å². The molecule has 4 heteroatoms. The van der Waals surface area contributed by atoms with Crippen molar-refractivity contribution in [3.63, 3.8) is 0 Å². The Morgan fingerprint density at radius 1 is 1.15 bits per heavy atom. The fraction of sp³-hybridized carbons (Fsp3) is 0.375. The first-order valence-corrected chi connectivity index (χ1v) is 8.01. The van der Waals surface area contributed by atoms with Gasteiger partial charge in [-0.2, -0.15) is 0 Å². The lowest BCUT2D eigenvalue weighted by Gasteiger charge is -2.05. The lowest BCUT2D eigenvalue weighted by Crippen LogP contribution is -2.07. The van der Waals surface area contributed by atoms with Crippen LogP contribution in [0.3, 0.4) is 0 Å². The Hall–Kier alpha value is -1.42. The number of rotatable bonds is 7. The summed E-state index contributed by atoms with van der Waals surface area (Å²) in [5.41, 5.74) is 1.41. The molecule has 0 fully saturated rings. The van der Waals surface area contributed by atoms with E-state index in [2.05, 4.69) is 20.9 Å². The van der Waals surface area contributed by atoms with Gasteiger partial charge in [-0.05, 0) is 25.0 Å². The maximum absolute atomic E-state index is 11.9. The number of aromatic nitrogens is 1. The van der Waals surface area contributed by atoms with Crippen LogP contribution in [0.5, 0.6) is 0 Å². The topological polar surface area (TPSA) is 39.2 Å². The van der Waals surface area contributed by atoms with Crippen molar-refractivity contribution in [1.29, 1.82) is 0 Å². The molecule has 106 valence electrons. The maximum Gasteiger partial charge on any atom is 0.339 e. The molecule has 2 aromatic rings. The smallest absolute Gasteiger partial charge is 0.339 e. The number of carbonyl (C=O) groups excluding carboxylic acids is 1. The van der Waals surface area contributed by atoms with Crippen molar-refractivity contribution >= 4 is 32.8 Å². The molecule has 0 aliphatic carbocycles. The SMILES string of the molecule is O=C(OCCCCCCBr)c1cnc2ccccc2c1. The Bertz CT molecular complexity index is 571. The highest BCUT2D eigenvalue weighted by atomic mass is 79.9. The van der Waals surface area contributed by atoms with Gasteiger partial charge >= 0.3 is 5.97 Å². The van der Waals surface area contributed by atoms with Crippen molar-refractivity contribution in [2.45, 2.75) is 25.7 Å². The Labute approximate surface area is 127 Å². The van der Waals surface area contributed by atoms with Gasteiger partial charge in [0, 0.05) is 16.9 Å². The van der Waals surface area contributed by atoms with Crippen LogP contribution in [-0.2, 0) is 4.74 Å². The van der Waals surface area contributed by atoms with E-state index >= 15 is 0 Å². The number of nitrogens with zero attached hydrogens (tertiary/aromatic N) is 1. The van der Waals surface area contributed by atoms with E-state index in [9.17, 15) is 4.79 Å². The van der Waals surface area contributed by atoms with E-state index in [1.54, 1.807) is 6.20 Å². The predicted octanol–water partition coefficient (Wildman–Crippen LogP) is 4.35. The summed E-state index contributed by atoms with van der Waals surface area (Å²) in [6, 6.07) is 9.56. The minimum absolute atomic E-state index is 0.288. The molecule has 3 nitrogen and oxygen atoms in total. The highest BCUT2D eigenvalue weighted by molar-refractivity contribution is 9.09. The average Bonchev–Trinajstić information content (AvgIpc) is 2.50. The number of para-hydroxylation sites is 1. The van der Waals surface area contributed by atoms with Gasteiger partial charge in [-0.3, -0.25) is 4.98 Å². The van der Waals surface area contributed by atoms with Crippen LogP contribution >= 0.6 is 15.9 Å². The molecule has 0 N–H and O–H groups in total. The molecule has 0 unspecified atom stereocenters. The number of halogens is 1. The van der Waals surface area contributed by atoms with Crippen LogP contribution in [0.4, 0.5) is 0 Å². The summed E-state index contributed by atoms with van der Waals surface area (Å²) in [6.45, 7) is 0.480. The van der Waals surface area contributed by atoms with Gasteiger partial charge in [-0.25, -0.2) is 4.79 Å². The maximum atomic E-state index is 11.9. The number of fused-ring (bicyclic) bond motifs is 1. The first-order valence-electron chi connectivity index (χ1n) is 6.89. The summed E-state index contributed by atoms with van der Waals surface area (Å²) in [5, 5.41) is 1.99. The van der Waals surface area contributed by atoms with Crippen LogP contribution in [-0.4, -0.2) is 22.9 Å². The zero-order chi connectivity index (χ0) is 14.2. The van der Waals surface area contributed by atoms with Crippen molar-refractivity contribution in [1.82, 2.24) is 4.98 Å². The molecule has 0 spiro atoms. The quantitative estimate of drug-likeness (QED) is 0.429. The number of esters is 1. The normalized spacial score (nSPS) is 10.7. The van der Waals surface area contributed by atoms with E-state index < -0.39 is 0 Å². The molecule has 0 aliphatic rings. The van der Waals surface area contributed by atoms with Gasteiger partial charge in [0.1, 0.15) is 0 Å². The fourth-order valence-corrected chi connectivity index (χ4v) is 2.38. The monoisotopic (exact) mass is 335 g/mol. The molecular weight excluding hydrogens is 318 g/mol. The van der Waals surface area contributed by atoms with E-state index in [4.69, 9.17) is 4.74 Å². The van der Waals surface area contributed by atoms with Crippen molar-refractivity contribution in [2.24, 2.45) is 0 Å². The summed E-state index contributed by atoms with van der Waals surface area (Å²) in [5.74, 6) is -0.288. The third-order valence-electron chi connectivity index (χ3n) is 3.09. The minimum Gasteiger partial charge on any atom is -0.462 e. The van der Waals surface area contributed by atoms with Crippen LogP contribution in [0, 0.1) is 0 Å². The molecule has 0 aliphatic heterocycles. The molecular formula is C16H18BrNO2. The minimum atomic E-state index is -0.288. The molecule has 1 aromatic carbocycles. The largest absolute Gasteiger partial charge is 0.462 e. The number of benzene rings is 1. The highest BCUT2D eigenvalue weighted by Gasteiger charge is 2.08. The zero-order valence-electron chi connectivity index (χ0n) is 11.3. The first-order chi connectivity index (χ1) is 9.81. The molecule has 0 bridgehead atoms. The number of alkyl halides is 1.